The van der Waals surface area contributed by atoms with Crippen molar-refractivity contribution >= 4 is 17.2 Å². The third-order valence-corrected chi connectivity index (χ3v) is 6.31. The molecule has 0 radical (unpaired) electrons. The van der Waals surface area contributed by atoms with Gasteiger partial charge in [0.15, 0.2) is 0 Å². The number of carbonyl (C=O) groups excluding carboxylic acids is 1. The molecule has 2 heterocycles. The van der Waals surface area contributed by atoms with Gasteiger partial charge in [-0.15, -0.1) is 0 Å². The van der Waals surface area contributed by atoms with E-state index in [0.29, 0.717) is 11.5 Å². The molecule has 1 aromatic rings. The van der Waals surface area contributed by atoms with Gasteiger partial charge in [0.2, 0.25) is 0 Å². The molecule has 0 unspecified atom stereocenters. The van der Waals surface area contributed by atoms with Crippen molar-refractivity contribution in [2.24, 2.45) is 5.41 Å². The molecule has 2 aliphatic heterocycles. The van der Waals surface area contributed by atoms with Gasteiger partial charge in [-0.05, 0) is 74.0 Å². The van der Waals surface area contributed by atoms with E-state index in [-0.39, 0.29) is 5.91 Å². The van der Waals surface area contributed by atoms with Crippen molar-refractivity contribution in [2.75, 3.05) is 45.6 Å². The lowest BCUT2D eigenvalue weighted by Crippen LogP contribution is -2.46. The molecular weight excluding hydrogens is 324 g/mol. The molecule has 1 saturated heterocycles. The normalized spacial score (nSPS) is 28.5. The molecule has 2 fully saturated rings. The summed E-state index contributed by atoms with van der Waals surface area (Å²) in [6.07, 6.45) is 7.06. The number of carbonyl (C=O) groups is 1. The maximum absolute atomic E-state index is 12.3. The molecule has 0 aromatic heterocycles. The van der Waals surface area contributed by atoms with Crippen molar-refractivity contribution in [1.29, 1.82) is 0 Å². The van der Waals surface area contributed by atoms with Crippen LogP contribution in [0.15, 0.2) is 24.3 Å². The first-order chi connectivity index (χ1) is 12.6. The fraction of sp³-hybridized carbons (Fsp3) is 0.571. The van der Waals surface area contributed by atoms with Crippen molar-refractivity contribution in [3.05, 3.63) is 35.4 Å². The average molecular weight is 354 g/mol. The fourth-order valence-electron chi connectivity index (χ4n) is 4.72. The van der Waals surface area contributed by atoms with E-state index in [1.807, 2.05) is 6.07 Å². The number of amides is 1. The number of hydrogen-bond acceptors (Lipinski definition) is 4. The zero-order valence-corrected chi connectivity index (χ0v) is 15.9. The van der Waals surface area contributed by atoms with Crippen LogP contribution in [-0.4, -0.2) is 57.1 Å². The van der Waals surface area contributed by atoms with Crippen molar-refractivity contribution in [2.45, 2.75) is 31.7 Å². The first-order valence-corrected chi connectivity index (χ1v) is 9.80. The number of rotatable bonds is 4. The average Bonchev–Trinajstić information content (AvgIpc) is 3.11. The van der Waals surface area contributed by atoms with Crippen LogP contribution in [0.5, 0.6) is 0 Å². The molecule has 5 heteroatoms. The number of likely N-dealkylation sites (N-methyl/N-ethyl adjacent to an activating group) is 1. The Morgan fingerprint density at radius 1 is 1.35 bits per heavy atom. The molecule has 0 atom stereocenters. The number of hydrogen-bond donors (Lipinski definition) is 3. The Balaban J connectivity index is 1.53. The Labute approximate surface area is 156 Å². The van der Waals surface area contributed by atoms with Crippen LogP contribution in [0.1, 0.15) is 41.6 Å². The molecule has 140 valence electrons. The first kappa shape index (κ1) is 17.6. The van der Waals surface area contributed by atoms with Crippen LogP contribution >= 0.6 is 0 Å². The second kappa shape index (κ2) is 7.05. The lowest BCUT2D eigenvalue weighted by molar-refractivity contribution is 0.0963. The molecule has 1 aromatic carbocycles. The Hall–Kier alpha value is -1.85. The van der Waals surface area contributed by atoms with Crippen molar-refractivity contribution < 1.29 is 4.79 Å². The quantitative estimate of drug-likeness (QED) is 0.777. The van der Waals surface area contributed by atoms with Crippen LogP contribution in [0.25, 0.3) is 5.57 Å². The summed E-state index contributed by atoms with van der Waals surface area (Å²) < 4.78 is 0. The smallest absolute Gasteiger partial charge is 0.251 e. The number of anilines is 1. The predicted molar refractivity (Wildman–Crippen MR) is 106 cm³/mol. The molecule has 3 N–H and O–H groups in total. The second-order valence-electron chi connectivity index (χ2n) is 8.26. The minimum Gasteiger partial charge on any atom is -0.382 e. The lowest BCUT2D eigenvalue weighted by atomic mass is 9.65. The van der Waals surface area contributed by atoms with E-state index >= 15 is 0 Å². The number of benzene rings is 1. The molecular formula is C21H30N4O. The Morgan fingerprint density at radius 3 is 2.85 bits per heavy atom. The van der Waals surface area contributed by atoms with E-state index in [4.69, 9.17) is 0 Å². The Bertz CT molecular complexity index is 713. The summed E-state index contributed by atoms with van der Waals surface area (Å²) in [6, 6.07) is 6.77. The summed E-state index contributed by atoms with van der Waals surface area (Å²) in [5.74, 6) is -0.00833. The lowest BCUT2D eigenvalue weighted by Gasteiger charge is -2.45. The highest BCUT2D eigenvalue weighted by molar-refractivity contribution is 5.99. The predicted octanol–water partition coefficient (Wildman–Crippen LogP) is 2.32. The highest BCUT2D eigenvalue weighted by Gasteiger charge is 2.45. The minimum absolute atomic E-state index is 0.00833. The largest absolute Gasteiger partial charge is 0.382 e. The van der Waals surface area contributed by atoms with Gasteiger partial charge >= 0.3 is 0 Å². The van der Waals surface area contributed by atoms with Crippen molar-refractivity contribution in [1.82, 2.24) is 15.5 Å². The topological polar surface area (TPSA) is 56.4 Å². The van der Waals surface area contributed by atoms with Gasteiger partial charge in [0, 0.05) is 44.0 Å². The van der Waals surface area contributed by atoms with Gasteiger partial charge in [-0.1, -0.05) is 6.08 Å². The third kappa shape index (κ3) is 3.38. The number of nitrogens with zero attached hydrogens (tertiary/aromatic N) is 1. The number of nitrogens with one attached hydrogen (secondary N) is 3. The van der Waals surface area contributed by atoms with E-state index in [1.54, 1.807) is 7.05 Å². The van der Waals surface area contributed by atoms with E-state index in [1.165, 1.54) is 37.9 Å². The van der Waals surface area contributed by atoms with Crippen LogP contribution < -0.4 is 16.0 Å². The summed E-state index contributed by atoms with van der Waals surface area (Å²) >= 11 is 0. The van der Waals surface area contributed by atoms with Gasteiger partial charge < -0.3 is 20.9 Å². The van der Waals surface area contributed by atoms with Gasteiger partial charge in [-0.2, -0.15) is 0 Å². The molecule has 1 spiro atoms. The van der Waals surface area contributed by atoms with E-state index in [0.717, 1.165) is 36.3 Å². The molecule has 1 amide bonds. The fourth-order valence-corrected chi connectivity index (χ4v) is 4.72. The van der Waals surface area contributed by atoms with Crippen molar-refractivity contribution in [3.63, 3.8) is 0 Å². The molecule has 1 aliphatic carbocycles. The molecule has 3 aliphatic rings. The van der Waals surface area contributed by atoms with Crippen LogP contribution in [0.2, 0.25) is 0 Å². The summed E-state index contributed by atoms with van der Waals surface area (Å²) in [5, 5.41) is 9.98. The monoisotopic (exact) mass is 354 g/mol. The molecule has 0 bridgehead atoms. The SMILES string of the molecule is CNC(=O)c1ccc(NC2CC3(CCNC3)C2)cc1C1=CCN(C)CC1. The maximum atomic E-state index is 12.3. The summed E-state index contributed by atoms with van der Waals surface area (Å²) in [4.78, 5) is 14.6. The summed E-state index contributed by atoms with van der Waals surface area (Å²) in [6.45, 7) is 4.32. The maximum Gasteiger partial charge on any atom is 0.251 e. The highest BCUT2D eigenvalue weighted by Crippen LogP contribution is 2.46. The zero-order valence-electron chi connectivity index (χ0n) is 15.9. The summed E-state index contributed by atoms with van der Waals surface area (Å²) in [5.41, 5.74) is 4.82. The third-order valence-electron chi connectivity index (χ3n) is 6.31. The van der Waals surface area contributed by atoms with Gasteiger partial charge in [-0.25, -0.2) is 0 Å². The zero-order chi connectivity index (χ0) is 18.1. The first-order valence-electron chi connectivity index (χ1n) is 9.80. The van der Waals surface area contributed by atoms with Crippen molar-refractivity contribution in [3.8, 4) is 0 Å². The molecule has 1 saturated carbocycles. The summed E-state index contributed by atoms with van der Waals surface area (Å²) in [7, 11) is 3.83. The van der Waals surface area contributed by atoms with Gasteiger partial charge in [0.05, 0.1) is 0 Å². The molecule has 4 rings (SSSR count). The van der Waals surface area contributed by atoms with E-state index in [2.05, 4.69) is 46.1 Å². The van der Waals surface area contributed by atoms with Crippen LogP contribution in [-0.2, 0) is 0 Å². The second-order valence-corrected chi connectivity index (χ2v) is 8.26. The highest BCUT2D eigenvalue weighted by atomic mass is 16.1. The van der Waals surface area contributed by atoms with Crippen LogP contribution in [0.4, 0.5) is 5.69 Å². The van der Waals surface area contributed by atoms with E-state index in [9.17, 15) is 4.79 Å². The van der Waals surface area contributed by atoms with E-state index < -0.39 is 0 Å². The van der Waals surface area contributed by atoms with Crippen LogP contribution in [0, 0.1) is 5.41 Å². The standard InChI is InChI=1S/C21H30N4O/c1-22-20(26)18-4-3-16(11-19(18)15-5-9-25(2)10-6-15)24-17-12-21(13-17)7-8-23-14-21/h3-5,11,17,23-24H,6-10,12-14H2,1-2H3,(H,22,26). The van der Waals surface area contributed by atoms with Gasteiger partial charge in [0.25, 0.3) is 5.91 Å². The molecule has 26 heavy (non-hydrogen) atoms. The Morgan fingerprint density at radius 2 is 2.19 bits per heavy atom. The minimum atomic E-state index is -0.00833. The van der Waals surface area contributed by atoms with Gasteiger partial charge in [-0.3, -0.25) is 4.79 Å². The molecule has 5 nitrogen and oxygen atoms in total. The van der Waals surface area contributed by atoms with Gasteiger partial charge in [0.1, 0.15) is 0 Å². The Kier molecular flexibility index (Phi) is 4.76. The van der Waals surface area contributed by atoms with Crippen LogP contribution in [0.3, 0.4) is 0 Å².